The summed E-state index contributed by atoms with van der Waals surface area (Å²) in [6.45, 7) is 6.47. The quantitative estimate of drug-likeness (QED) is 0.726. The number of nitrogens with zero attached hydrogens (tertiary/aromatic N) is 1. The summed E-state index contributed by atoms with van der Waals surface area (Å²) in [7, 11) is 2.73. The summed E-state index contributed by atoms with van der Waals surface area (Å²) in [6, 6.07) is 0. The number of unbranched alkanes of at least 4 members (excludes halogenated alkanes) is 1. The van der Waals surface area contributed by atoms with Crippen LogP contribution in [-0.4, -0.2) is 48.8 Å². The zero-order chi connectivity index (χ0) is 13.9. The van der Waals surface area contributed by atoms with Crippen molar-refractivity contribution in [1.82, 2.24) is 4.90 Å². The number of piperidine rings is 1. The van der Waals surface area contributed by atoms with Gasteiger partial charge in [0.15, 0.2) is 0 Å². The molecule has 0 amide bonds. The molecule has 0 bridgehead atoms. The summed E-state index contributed by atoms with van der Waals surface area (Å²) >= 11 is 0. The van der Waals surface area contributed by atoms with Gasteiger partial charge in [0, 0.05) is 20.8 Å². The Kier molecular flexibility index (Phi) is 9.78. The Balaban J connectivity index is 0.000000312. The summed E-state index contributed by atoms with van der Waals surface area (Å²) in [6.07, 6.45) is 10.3. The third-order valence-corrected chi connectivity index (χ3v) is 4.91. The van der Waals surface area contributed by atoms with Gasteiger partial charge in [-0.25, -0.2) is 0 Å². The highest BCUT2D eigenvalue weighted by Gasteiger charge is 2.30. The van der Waals surface area contributed by atoms with E-state index in [0.717, 1.165) is 11.8 Å². The highest BCUT2D eigenvalue weighted by Crippen LogP contribution is 2.35. The van der Waals surface area contributed by atoms with E-state index in [4.69, 9.17) is 0 Å². The lowest BCUT2D eigenvalue weighted by molar-refractivity contribution is 0.0860. The van der Waals surface area contributed by atoms with Gasteiger partial charge in [-0.05, 0) is 44.2 Å². The highest BCUT2D eigenvalue weighted by molar-refractivity contribution is 6.17. The minimum atomic E-state index is -0.568. The molecule has 1 heterocycles. The second-order valence-corrected chi connectivity index (χ2v) is 7.33. The highest BCUT2D eigenvalue weighted by atomic mass is 28.3. The first-order valence-electron chi connectivity index (χ1n) is 8.02. The fraction of sp³-hybridized carbons (Fsp3) is 1.00. The van der Waals surface area contributed by atoms with Crippen LogP contribution < -0.4 is 0 Å². The van der Waals surface area contributed by atoms with Gasteiger partial charge in [0.05, 0.1) is 0 Å². The summed E-state index contributed by atoms with van der Waals surface area (Å²) in [5.41, 5.74) is 0. The molecule has 2 rings (SSSR count). The molecular formula is C15H33NO2Si. The Morgan fingerprint density at radius 1 is 1.05 bits per heavy atom. The van der Waals surface area contributed by atoms with Gasteiger partial charge >= 0.3 is 10.0 Å². The summed E-state index contributed by atoms with van der Waals surface area (Å²) in [5, 5.41) is 0. The number of fused-ring (bicyclic) bond motifs is 1. The molecule has 0 aromatic rings. The molecule has 2 aliphatic rings. The van der Waals surface area contributed by atoms with E-state index in [1.165, 1.54) is 64.6 Å². The Morgan fingerprint density at radius 2 is 1.74 bits per heavy atom. The Morgan fingerprint density at radius 3 is 2.32 bits per heavy atom. The molecule has 1 aliphatic carbocycles. The maximum Gasteiger partial charge on any atom is 0.303 e. The number of hydrogen-bond donors (Lipinski definition) is 0. The molecule has 114 valence electrons. The first kappa shape index (κ1) is 17.1. The van der Waals surface area contributed by atoms with Gasteiger partial charge in [0.1, 0.15) is 0 Å². The lowest BCUT2D eigenvalue weighted by atomic mass is 9.75. The molecule has 2 fully saturated rings. The molecule has 19 heavy (non-hydrogen) atoms. The predicted octanol–water partition coefficient (Wildman–Crippen LogP) is 2.58. The molecule has 2 unspecified atom stereocenters. The van der Waals surface area contributed by atoms with Crippen LogP contribution in [0.25, 0.3) is 0 Å². The van der Waals surface area contributed by atoms with Gasteiger partial charge in [0.25, 0.3) is 0 Å². The van der Waals surface area contributed by atoms with Crippen molar-refractivity contribution in [2.45, 2.75) is 51.9 Å². The second kappa shape index (κ2) is 10.8. The van der Waals surface area contributed by atoms with Gasteiger partial charge in [-0.3, -0.25) is 0 Å². The van der Waals surface area contributed by atoms with Crippen LogP contribution in [0.2, 0.25) is 0 Å². The topological polar surface area (TPSA) is 21.7 Å². The van der Waals surface area contributed by atoms with E-state index in [9.17, 15) is 0 Å². The number of rotatable bonds is 5. The minimum Gasteiger partial charge on any atom is -0.402 e. The molecule has 0 aromatic heterocycles. The molecule has 1 aliphatic heterocycles. The fourth-order valence-electron chi connectivity index (χ4n) is 3.38. The average Bonchev–Trinajstić information content (AvgIpc) is 2.46. The normalized spacial score (nSPS) is 27.3. The van der Waals surface area contributed by atoms with Crippen LogP contribution >= 0.6 is 0 Å². The van der Waals surface area contributed by atoms with E-state index >= 15 is 0 Å². The lowest BCUT2D eigenvalue weighted by Crippen LogP contribution is -2.42. The van der Waals surface area contributed by atoms with Crippen molar-refractivity contribution in [3.8, 4) is 0 Å². The van der Waals surface area contributed by atoms with Gasteiger partial charge < -0.3 is 13.8 Å². The first-order valence-corrected chi connectivity index (χ1v) is 9.17. The van der Waals surface area contributed by atoms with Crippen molar-refractivity contribution in [3.63, 3.8) is 0 Å². The van der Waals surface area contributed by atoms with Crippen molar-refractivity contribution in [1.29, 1.82) is 0 Å². The third kappa shape index (κ3) is 6.89. The van der Waals surface area contributed by atoms with E-state index in [0.29, 0.717) is 0 Å². The van der Waals surface area contributed by atoms with Crippen LogP contribution in [0.5, 0.6) is 0 Å². The average molecular weight is 288 g/mol. The Hall–Kier alpha value is 0.0969. The Labute approximate surface area is 122 Å². The summed E-state index contributed by atoms with van der Waals surface area (Å²) in [4.78, 5) is 2.72. The van der Waals surface area contributed by atoms with Crippen molar-refractivity contribution in [2.24, 2.45) is 11.8 Å². The lowest BCUT2D eigenvalue weighted by Gasteiger charge is -2.41. The van der Waals surface area contributed by atoms with Gasteiger partial charge in [-0.15, -0.1) is 0 Å². The number of hydrogen-bond acceptors (Lipinski definition) is 3. The van der Waals surface area contributed by atoms with Crippen LogP contribution in [0.4, 0.5) is 0 Å². The van der Waals surface area contributed by atoms with Crippen LogP contribution in [0.1, 0.15) is 51.9 Å². The third-order valence-electron chi connectivity index (χ3n) is 4.44. The molecule has 0 aromatic carbocycles. The van der Waals surface area contributed by atoms with E-state index < -0.39 is 10.0 Å². The van der Waals surface area contributed by atoms with Crippen LogP contribution in [-0.2, 0) is 8.85 Å². The molecule has 3 nitrogen and oxygen atoms in total. The summed E-state index contributed by atoms with van der Waals surface area (Å²) in [5.74, 6) is 2.16. The molecule has 1 saturated heterocycles. The van der Waals surface area contributed by atoms with Crippen molar-refractivity contribution < 1.29 is 8.85 Å². The van der Waals surface area contributed by atoms with Crippen LogP contribution in [0.3, 0.4) is 0 Å². The zero-order valence-corrected chi connectivity index (χ0v) is 14.6. The smallest absolute Gasteiger partial charge is 0.303 e. The maximum absolute atomic E-state index is 4.61. The summed E-state index contributed by atoms with van der Waals surface area (Å²) < 4.78 is 9.22. The number of likely N-dealkylation sites (tertiary alicyclic amines) is 1. The van der Waals surface area contributed by atoms with Crippen molar-refractivity contribution in [3.05, 3.63) is 0 Å². The van der Waals surface area contributed by atoms with Gasteiger partial charge in [-0.1, -0.05) is 32.6 Å². The van der Waals surface area contributed by atoms with E-state index in [1.54, 1.807) is 14.2 Å². The van der Waals surface area contributed by atoms with Crippen LogP contribution in [0, 0.1) is 11.8 Å². The SMILES string of the molecule is CCCCN1CCC2CCCCC2C1.CO[SiH2]OC. The monoisotopic (exact) mass is 287 g/mol. The molecule has 0 radical (unpaired) electrons. The molecule has 4 heteroatoms. The van der Waals surface area contributed by atoms with E-state index in [-0.39, 0.29) is 0 Å². The predicted molar refractivity (Wildman–Crippen MR) is 84.0 cm³/mol. The molecule has 0 spiro atoms. The first-order chi connectivity index (χ1) is 9.31. The molecule has 2 atom stereocenters. The molecule has 1 saturated carbocycles. The van der Waals surface area contributed by atoms with Crippen molar-refractivity contribution in [2.75, 3.05) is 33.9 Å². The minimum absolute atomic E-state index is 0.568. The van der Waals surface area contributed by atoms with E-state index in [1.807, 2.05) is 0 Å². The van der Waals surface area contributed by atoms with Gasteiger partial charge in [-0.2, -0.15) is 0 Å². The van der Waals surface area contributed by atoms with Crippen LogP contribution in [0.15, 0.2) is 0 Å². The maximum atomic E-state index is 4.61. The fourth-order valence-corrected chi connectivity index (χ4v) is 3.61. The van der Waals surface area contributed by atoms with Crippen molar-refractivity contribution >= 4 is 10.0 Å². The molecule has 0 N–H and O–H groups in total. The largest absolute Gasteiger partial charge is 0.402 e. The second-order valence-electron chi connectivity index (χ2n) is 5.94. The van der Waals surface area contributed by atoms with Gasteiger partial charge in [0.2, 0.25) is 0 Å². The zero-order valence-electron chi connectivity index (χ0n) is 13.2. The standard InChI is InChI=1S/C13H25N.C2H8O2Si/c1-2-3-9-14-10-8-12-6-4-5-7-13(12)11-14;1-3-5-4-2/h12-13H,2-11H2,1H3;5H2,1-2H3. The molecular weight excluding hydrogens is 254 g/mol. The van der Waals surface area contributed by atoms with E-state index in [2.05, 4.69) is 20.7 Å². The Bertz CT molecular complexity index is 214.